The zero-order valence-electron chi connectivity index (χ0n) is 13.4. The highest BCUT2D eigenvalue weighted by Crippen LogP contribution is 2.22. The van der Waals surface area contributed by atoms with Crippen molar-refractivity contribution < 1.29 is 9.18 Å². The van der Waals surface area contributed by atoms with E-state index < -0.39 is 18.1 Å². The van der Waals surface area contributed by atoms with Crippen molar-refractivity contribution in [3.8, 4) is 0 Å². The number of primary amides is 1. The highest BCUT2D eigenvalue weighted by molar-refractivity contribution is 5.80. The summed E-state index contributed by atoms with van der Waals surface area (Å²) in [5, 5.41) is 0. The number of hydrogen-bond acceptors (Lipinski definition) is 6. The molecule has 1 amide bonds. The first-order chi connectivity index (χ1) is 11.0. The Bertz CT molecular complexity index is 545. The zero-order valence-corrected chi connectivity index (χ0v) is 13.4. The quantitative estimate of drug-likeness (QED) is 0.815. The van der Waals surface area contributed by atoms with Gasteiger partial charge in [-0.2, -0.15) is 0 Å². The molecule has 0 unspecified atom stereocenters. The molecule has 2 saturated heterocycles. The molecule has 2 N–H and O–H groups in total. The van der Waals surface area contributed by atoms with Crippen molar-refractivity contribution in [3.05, 3.63) is 18.0 Å². The van der Waals surface area contributed by atoms with Crippen LogP contribution in [0.4, 0.5) is 10.3 Å². The van der Waals surface area contributed by atoms with Gasteiger partial charge in [0.15, 0.2) is 0 Å². The monoisotopic (exact) mass is 322 g/mol. The second kappa shape index (κ2) is 6.76. The third-order valence-electron chi connectivity index (χ3n) is 4.54. The fourth-order valence-corrected chi connectivity index (χ4v) is 3.15. The first-order valence-corrected chi connectivity index (χ1v) is 7.95. The molecule has 7 nitrogen and oxygen atoms in total. The Hall–Kier alpha value is -1.80. The molecule has 2 aliphatic rings. The van der Waals surface area contributed by atoms with Crippen LogP contribution in [-0.2, 0) is 11.3 Å². The lowest BCUT2D eigenvalue weighted by atomic mass is 10.2. The third-order valence-corrected chi connectivity index (χ3v) is 4.54. The molecule has 1 aromatic heterocycles. The van der Waals surface area contributed by atoms with E-state index in [2.05, 4.69) is 26.8 Å². The molecule has 0 aliphatic carbocycles. The van der Waals surface area contributed by atoms with E-state index in [4.69, 9.17) is 5.73 Å². The first-order valence-electron chi connectivity index (χ1n) is 7.95. The summed E-state index contributed by atoms with van der Waals surface area (Å²) in [6.07, 6.45) is 2.68. The van der Waals surface area contributed by atoms with E-state index in [1.807, 2.05) is 0 Å². The van der Waals surface area contributed by atoms with Crippen LogP contribution in [0.15, 0.2) is 12.4 Å². The average Bonchev–Trinajstić information content (AvgIpc) is 2.90. The van der Waals surface area contributed by atoms with Crippen LogP contribution in [0, 0.1) is 0 Å². The highest BCUT2D eigenvalue weighted by atomic mass is 19.1. The largest absolute Gasteiger partial charge is 0.368 e. The predicted octanol–water partition coefficient (Wildman–Crippen LogP) is -0.374. The second-order valence-corrected chi connectivity index (χ2v) is 6.36. The molecular weight excluding hydrogens is 299 g/mol. The normalized spacial score (nSPS) is 26.6. The van der Waals surface area contributed by atoms with Crippen LogP contribution in [-0.4, -0.2) is 77.7 Å². The van der Waals surface area contributed by atoms with Crippen molar-refractivity contribution in [2.24, 2.45) is 5.73 Å². The number of piperazine rings is 1. The number of rotatable bonds is 4. The maximum atomic E-state index is 13.5. The van der Waals surface area contributed by atoms with Gasteiger partial charge in [-0.1, -0.05) is 0 Å². The molecule has 0 saturated carbocycles. The fraction of sp³-hybridized carbons (Fsp3) is 0.667. The lowest BCUT2D eigenvalue weighted by molar-refractivity contribution is -0.122. The third kappa shape index (κ3) is 3.76. The minimum Gasteiger partial charge on any atom is -0.368 e. The Kier molecular flexibility index (Phi) is 4.72. The smallest absolute Gasteiger partial charge is 0.234 e. The van der Waals surface area contributed by atoms with E-state index in [1.165, 1.54) is 0 Å². The molecule has 3 rings (SSSR count). The first kappa shape index (κ1) is 16.1. The Morgan fingerprint density at radius 2 is 1.96 bits per heavy atom. The highest BCUT2D eigenvalue weighted by Gasteiger charge is 2.35. The predicted molar refractivity (Wildman–Crippen MR) is 84.6 cm³/mol. The number of aromatic nitrogens is 2. The van der Waals surface area contributed by atoms with E-state index in [0.29, 0.717) is 6.54 Å². The van der Waals surface area contributed by atoms with Crippen LogP contribution in [0.2, 0.25) is 0 Å². The summed E-state index contributed by atoms with van der Waals surface area (Å²) >= 11 is 0. The van der Waals surface area contributed by atoms with Gasteiger partial charge in [0.2, 0.25) is 11.9 Å². The van der Waals surface area contributed by atoms with Gasteiger partial charge in [-0.3, -0.25) is 9.69 Å². The van der Waals surface area contributed by atoms with Crippen LogP contribution in [0.1, 0.15) is 12.0 Å². The summed E-state index contributed by atoms with van der Waals surface area (Å²) in [5.41, 5.74) is 6.21. The summed E-state index contributed by atoms with van der Waals surface area (Å²) < 4.78 is 13.5. The minimum absolute atomic E-state index is 0.176. The van der Waals surface area contributed by atoms with Crippen LogP contribution in [0.25, 0.3) is 0 Å². The summed E-state index contributed by atoms with van der Waals surface area (Å²) in [7, 11) is 2.10. The number of likely N-dealkylation sites (N-methyl/N-ethyl adjacent to an activating group) is 1. The van der Waals surface area contributed by atoms with Crippen LogP contribution in [0.3, 0.4) is 0 Å². The number of amides is 1. The number of nitrogens with zero attached hydrogens (tertiary/aromatic N) is 5. The number of nitrogens with two attached hydrogens (primary N) is 1. The van der Waals surface area contributed by atoms with E-state index in [0.717, 1.165) is 37.7 Å². The van der Waals surface area contributed by atoms with Crippen LogP contribution >= 0.6 is 0 Å². The number of likely N-dealkylation sites (tertiary alicyclic amines) is 1. The molecule has 2 atom stereocenters. The molecule has 2 aliphatic heterocycles. The van der Waals surface area contributed by atoms with Gasteiger partial charge in [-0.15, -0.1) is 0 Å². The van der Waals surface area contributed by atoms with Gasteiger partial charge in [0.1, 0.15) is 6.17 Å². The van der Waals surface area contributed by atoms with E-state index in [1.54, 1.807) is 17.3 Å². The summed E-state index contributed by atoms with van der Waals surface area (Å²) in [5.74, 6) is 0.248. The second-order valence-electron chi connectivity index (χ2n) is 6.36. The standard InChI is InChI=1S/C15H23FN6O/c1-20-2-4-21(5-3-20)15-18-7-11(8-19-15)9-22-10-12(16)6-13(22)14(17)23/h7-8,12-13H,2-6,9-10H2,1H3,(H2,17,23)/t12-,13+/m1/s1. The van der Waals surface area contributed by atoms with Gasteiger partial charge in [0.05, 0.1) is 6.04 Å². The lowest BCUT2D eigenvalue weighted by Gasteiger charge is -2.32. The molecule has 0 bridgehead atoms. The Morgan fingerprint density at radius 3 is 2.57 bits per heavy atom. The van der Waals surface area contributed by atoms with Gasteiger partial charge in [0.25, 0.3) is 0 Å². The minimum atomic E-state index is -1.00. The Morgan fingerprint density at radius 1 is 1.30 bits per heavy atom. The van der Waals surface area contributed by atoms with Crippen LogP contribution in [0.5, 0.6) is 0 Å². The average molecular weight is 322 g/mol. The Balaban J connectivity index is 1.62. The van der Waals surface area contributed by atoms with Crippen molar-refractivity contribution >= 4 is 11.9 Å². The fourth-order valence-electron chi connectivity index (χ4n) is 3.15. The lowest BCUT2D eigenvalue weighted by Crippen LogP contribution is -2.45. The Labute approximate surface area is 135 Å². The van der Waals surface area contributed by atoms with Crippen molar-refractivity contribution in [2.75, 3.05) is 44.7 Å². The summed E-state index contributed by atoms with van der Waals surface area (Å²) in [4.78, 5) is 26.4. The zero-order chi connectivity index (χ0) is 16.4. The molecule has 3 heterocycles. The number of halogens is 1. The number of carbonyl (C=O) groups excluding carboxylic acids is 1. The number of anilines is 1. The van der Waals surface area contributed by atoms with Crippen molar-refractivity contribution in [2.45, 2.75) is 25.2 Å². The van der Waals surface area contributed by atoms with E-state index in [-0.39, 0.29) is 13.0 Å². The van der Waals surface area contributed by atoms with Crippen molar-refractivity contribution in [3.63, 3.8) is 0 Å². The molecule has 0 aromatic carbocycles. The number of hydrogen-bond donors (Lipinski definition) is 1. The maximum Gasteiger partial charge on any atom is 0.234 e. The maximum absolute atomic E-state index is 13.5. The topological polar surface area (TPSA) is 78.6 Å². The molecule has 23 heavy (non-hydrogen) atoms. The molecule has 0 spiro atoms. The summed E-state index contributed by atoms with van der Waals surface area (Å²) in [6, 6.07) is -0.540. The van der Waals surface area contributed by atoms with Crippen molar-refractivity contribution in [1.82, 2.24) is 19.8 Å². The van der Waals surface area contributed by atoms with Crippen molar-refractivity contribution in [1.29, 1.82) is 0 Å². The van der Waals surface area contributed by atoms with Gasteiger partial charge in [-0.25, -0.2) is 14.4 Å². The number of alkyl halides is 1. The van der Waals surface area contributed by atoms with E-state index >= 15 is 0 Å². The summed E-state index contributed by atoms with van der Waals surface area (Å²) in [6.45, 7) is 4.49. The SMILES string of the molecule is CN1CCN(c2ncc(CN3C[C@H](F)C[C@H]3C(N)=O)cn2)CC1. The van der Waals surface area contributed by atoms with Gasteiger partial charge in [-0.05, 0) is 7.05 Å². The number of carbonyl (C=O) groups is 1. The van der Waals surface area contributed by atoms with Gasteiger partial charge < -0.3 is 15.5 Å². The molecular formula is C15H23FN6O. The molecule has 0 radical (unpaired) electrons. The molecule has 1 aromatic rings. The van der Waals surface area contributed by atoms with Gasteiger partial charge >= 0.3 is 0 Å². The molecule has 2 fully saturated rings. The van der Waals surface area contributed by atoms with Crippen LogP contribution < -0.4 is 10.6 Å². The molecule has 8 heteroatoms. The molecule has 126 valence electrons. The van der Waals surface area contributed by atoms with E-state index in [9.17, 15) is 9.18 Å². The van der Waals surface area contributed by atoms with Gasteiger partial charge in [0, 0.05) is 63.6 Å².